The molecule has 5 nitrogen and oxygen atoms in total. The molecule has 1 heterocycles. The standard InChI is InChI=1S/C15H22N2O3/c1-3-17-15-7-5-4-6-13(15)14(16-17)10-12(18)11-20-9-8-19-2/h4-7,12,18H,3,8-11H2,1-2H3. The van der Waals surface area contributed by atoms with Crippen LogP contribution in [0.3, 0.4) is 0 Å². The van der Waals surface area contributed by atoms with Crippen LogP contribution in [0.15, 0.2) is 24.3 Å². The van der Waals surface area contributed by atoms with Crippen LogP contribution in [0.1, 0.15) is 12.6 Å². The maximum Gasteiger partial charge on any atom is 0.0829 e. The second-order valence-corrected chi connectivity index (χ2v) is 4.71. The molecule has 1 N–H and O–H groups in total. The third-order valence-electron chi connectivity index (χ3n) is 3.20. The molecule has 2 rings (SSSR count). The lowest BCUT2D eigenvalue weighted by atomic mass is 10.1. The van der Waals surface area contributed by atoms with Crippen molar-refractivity contribution < 1.29 is 14.6 Å². The molecule has 0 spiro atoms. The van der Waals surface area contributed by atoms with Crippen molar-refractivity contribution >= 4 is 10.9 Å². The molecule has 110 valence electrons. The van der Waals surface area contributed by atoms with Crippen molar-refractivity contribution in [2.45, 2.75) is 26.0 Å². The fraction of sp³-hybridized carbons (Fsp3) is 0.533. The average molecular weight is 278 g/mol. The summed E-state index contributed by atoms with van der Waals surface area (Å²) in [7, 11) is 1.63. The van der Waals surface area contributed by atoms with Gasteiger partial charge in [0.25, 0.3) is 0 Å². The molecule has 0 bridgehead atoms. The van der Waals surface area contributed by atoms with Crippen LogP contribution in [0.25, 0.3) is 10.9 Å². The number of benzene rings is 1. The van der Waals surface area contributed by atoms with E-state index < -0.39 is 6.10 Å². The summed E-state index contributed by atoms with van der Waals surface area (Å²) in [5, 5.41) is 15.7. The molecule has 0 radical (unpaired) electrons. The van der Waals surface area contributed by atoms with Gasteiger partial charge in [0.15, 0.2) is 0 Å². The largest absolute Gasteiger partial charge is 0.390 e. The monoisotopic (exact) mass is 278 g/mol. The van der Waals surface area contributed by atoms with E-state index in [1.54, 1.807) is 7.11 Å². The molecular formula is C15H22N2O3. The summed E-state index contributed by atoms with van der Waals surface area (Å²) in [5.41, 5.74) is 2.03. The predicted octanol–water partition coefficient (Wildman–Crippen LogP) is 1.62. The molecule has 0 saturated carbocycles. The lowest BCUT2D eigenvalue weighted by molar-refractivity contribution is 0.0134. The van der Waals surface area contributed by atoms with Gasteiger partial charge in [-0.1, -0.05) is 18.2 Å². The number of fused-ring (bicyclic) bond motifs is 1. The lowest BCUT2D eigenvalue weighted by Gasteiger charge is -2.09. The Morgan fingerprint density at radius 1 is 1.30 bits per heavy atom. The minimum atomic E-state index is -0.546. The normalized spacial score (nSPS) is 12.9. The minimum absolute atomic E-state index is 0.302. The molecule has 0 fully saturated rings. The number of hydrogen-bond donors (Lipinski definition) is 1. The van der Waals surface area contributed by atoms with Gasteiger partial charge in [0.05, 0.1) is 37.1 Å². The van der Waals surface area contributed by atoms with Gasteiger partial charge in [-0.05, 0) is 13.0 Å². The second kappa shape index (κ2) is 7.38. The van der Waals surface area contributed by atoms with Crippen LogP contribution < -0.4 is 0 Å². The lowest BCUT2D eigenvalue weighted by Crippen LogP contribution is -2.20. The number of aryl methyl sites for hydroxylation is 1. The molecular weight excluding hydrogens is 256 g/mol. The van der Waals surface area contributed by atoms with Crippen LogP contribution in [0.4, 0.5) is 0 Å². The van der Waals surface area contributed by atoms with Gasteiger partial charge in [-0.25, -0.2) is 0 Å². The third kappa shape index (κ3) is 3.56. The Morgan fingerprint density at radius 3 is 2.85 bits per heavy atom. The van der Waals surface area contributed by atoms with Crippen LogP contribution in [0, 0.1) is 0 Å². The minimum Gasteiger partial charge on any atom is -0.390 e. The Kier molecular flexibility index (Phi) is 5.52. The van der Waals surface area contributed by atoms with Crippen molar-refractivity contribution in [3.8, 4) is 0 Å². The molecule has 1 aromatic carbocycles. The zero-order chi connectivity index (χ0) is 14.4. The first-order valence-corrected chi connectivity index (χ1v) is 6.95. The fourth-order valence-corrected chi connectivity index (χ4v) is 2.23. The summed E-state index contributed by atoms with van der Waals surface area (Å²) in [4.78, 5) is 0. The average Bonchev–Trinajstić information content (AvgIpc) is 2.82. The van der Waals surface area contributed by atoms with Gasteiger partial charge in [-0.15, -0.1) is 0 Å². The van der Waals surface area contributed by atoms with E-state index in [-0.39, 0.29) is 0 Å². The van der Waals surface area contributed by atoms with E-state index in [4.69, 9.17) is 9.47 Å². The van der Waals surface area contributed by atoms with Gasteiger partial charge in [0.2, 0.25) is 0 Å². The number of ether oxygens (including phenoxy) is 2. The van der Waals surface area contributed by atoms with E-state index in [9.17, 15) is 5.11 Å². The Labute approximate surface area is 119 Å². The first-order chi connectivity index (χ1) is 9.76. The van der Waals surface area contributed by atoms with Crippen LogP contribution in [-0.4, -0.2) is 47.9 Å². The van der Waals surface area contributed by atoms with E-state index in [1.165, 1.54) is 0 Å². The van der Waals surface area contributed by atoms with Gasteiger partial charge < -0.3 is 14.6 Å². The van der Waals surface area contributed by atoms with Gasteiger partial charge >= 0.3 is 0 Å². The highest BCUT2D eigenvalue weighted by Crippen LogP contribution is 2.19. The van der Waals surface area contributed by atoms with Crippen molar-refractivity contribution in [1.82, 2.24) is 9.78 Å². The highest BCUT2D eigenvalue weighted by atomic mass is 16.5. The molecule has 0 amide bonds. The molecule has 0 aliphatic heterocycles. The van der Waals surface area contributed by atoms with Crippen LogP contribution in [0.2, 0.25) is 0 Å². The van der Waals surface area contributed by atoms with Gasteiger partial charge in [0, 0.05) is 25.5 Å². The highest BCUT2D eigenvalue weighted by molar-refractivity contribution is 5.81. The number of aliphatic hydroxyl groups is 1. The molecule has 1 atom stereocenters. The van der Waals surface area contributed by atoms with Crippen LogP contribution >= 0.6 is 0 Å². The van der Waals surface area contributed by atoms with Crippen molar-refractivity contribution in [2.75, 3.05) is 26.9 Å². The van der Waals surface area contributed by atoms with Crippen molar-refractivity contribution in [1.29, 1.82) is 0 Å². The Hall–Kier alpha value is -1.43. The summed E-state index contributed by atoms with van der Waals surface area (Å²) < 4.78 is 12.2. The van der Waals surface area contributed by atoms with E-state index in [1.807, 2.05) is 22.9 Å². The first kappa shape index (κ1) is 15.0. The Morgan fingerprint density at radius 2 is 2.10 bits per heavy atom. The molecule has 2 aromatic rings. The topological polar surface area (TPSA) is 56.5 Å². The molecule has 0 saturated heterocycles. The quantitative estimate of drug-likeness (QED) is 0.746. The van der Waals surface area contributed by atoms with Crippen molar-refractivity contribution in [3.63, 3.8) is 0 Å². The molecule has 0 aliphatic rings. The number of aliphatic hydroxyl groups excluding tert-OH is 1. The Balaban J connectivity index is 2.02. The summed E-state index contributed by atoms with van der Waals surface area (Å²) in [6, 6.07) is 8.10. The van der Waals surface area contributed by atoms with Gasteiger partial charge in [-0.3, -0.25) is 4.68 Å². The summed E-state index contributed by atoms with van der Waals surface area (Å²) in [5.74, 6) is 0. The third-order valence-corrected chi connectivity index (χ3v) is 3.20. The van der Waals surface area contributed by atoms with E-state index in [0.717, 1.165) is 23.1 Å². The molecule has 1 unspecified atom stereocenters. The number of para-hydroxylation sites is 1. The first-order valence-electron chi connectivity index (χ1n) is 6.95. The van der Waals surface area contributed by atoms with Crippen LogP contribution in [0.5, 0.6) is 0 Å². The smallest absolute Gasteiger partial charge is 0.0829 e. The SMILES string of the molecule is CCn1nc(CC(O)COCCOC)c2ccccc21. The second-order valence-electron chi connectivity index (χ2n) is 4.71. The van der Waals surface area contributed by atoms with Gasteiger partial charge in [-0.2, -0.15) is 5.10 Å². The van der Waals surface area contributed by atoms with E-state index in [2.05, 4.69) is 18.1 Å². The number of aromatic nitrogens is 2. The molecule has 0 aliphatic carbocycles. The maximum atomic E-state index is 10.0. The molecule has 1 aromatic heterocycles. The summed E-state index contributed by atoms with van der Waals surface area (Å²) in [6.07, 6.45) is -0.0454. The van der Waals surface area contributed by atoms with E-state index >= 15 is 0 Å². The van der Waals surface area contributed by atoms with Crippen molar-refractivity contribution in [3.05, 3.63) is 30.0 Å². The predicted molar refractivity (Wildman–Crippen MR) is 77.8 cm³/mol. The highest BCUT2D eigenvalue weighted by Gasteiger charge is 2.13. The summed E-state index contributed by atoms with van der Waals surface area (Å²) in [6.45, 7) is 4.23. The number of hydrogen-bond acceptors (Lipinski definition) is 4. The number of methoxy groups -OCH3 is 1. The fourth-order valence-electron chi connectivity index (χ4n) is 2.23. The molecule has 20 heavy (non-hydrogen) atoms. The Bertz CT molecular complexity index is 539. The van der Waals surface area contributed by atoms with Crippen molar-refractivity contribution in [2.24, 2.45) is 0 Å². The summed E-state index contributed by atoms with van der Waals surface area (Å²) >= 11 is 0. The van der Waals surface area contributed by atoms with Crippen LogP contribution in [-0.2, 0) is 22.4 Å². The number of nitrogens with zero attached hydrogens (tertiary/aromatic N) is 2. The zero-order valence-electron chi connectivity index (χ0n) is 12.1. The zero-order valence-corrected chi connectivity index (χ0v) is 12.1. The van der Waals surface area contributed by atoms with Gasteiger partial charge in [0.1, 0.15) is 0 Å². The van der Waals surface area contributed by atoms with E-state index in [0.29, 0.717) is 26.2 Å². The maximum absolute atomic E-state index is 10.0. The number of rotatable bonds is 8. The molecule has 5 heteroatoms.